The molecule has 0 fully saturated rings. The van der Waals surface area contributed by atoms with Gasteiger partial charge in [0.2, 0.25) is 0 Å². The molecule has 2 aromatic rings. The second-order valence-electron chi connectivity index (χ2n) is 4.18. The summed E-state index contributed by atoms with van der Waals surface area (Å²) in [7, 11) is 0. The van der Waals surface area contributed by atoms with Crippen molar-refractivity contribution in [1.29, 1.82) is 0 Å². The first-order chi connectivity index (χ1) is 7.65. The predicted octanol–water partition coefficient (Wildman–Crippen LogP) is 4.40. The van der Waals surface area contributed by atoms with Crippen LogP contribution in [-0.2, 0) is 0 Å². The van der Waals surface area contributed by atoms with Crippen LogP contribution in [0.4, 0.5) is 0 Å². The molecule has 1 heteroatoms. The molecule has 0 saturated carbocycles. The highest BCUT2D eigenvalue weighted by molar-refractivity contribution is 5.40. The van der Waals surface area contributed by atoms with E-state index in [-0.39, 0.29) is 0 Å². The average Bonchev–Trinajstić information content (AvgIpc) is 2.27. The lowest BCUT2D eigenvalue weighted by Crippen LogP contribution is -1.88. The Labute approximate surface area is 96.7 Å². The van der Waals surface area contributed by atoms with Crippen LogP contribution in [0.15, 0.2) is 42.5 Å². The van der Waals surface area contributed by atoms with Crippen LogP contribution in [-0.4, -0.2) is 0 Å². The molecule has 0 bridgehead atoms. The molecule has 0 N–H and O–H groups in total. The van der Waals surface area contributed by atoms with Crippen LogP contribution >= 0.6 is 0 Å². The summed E-state index contributed by atoms with van der Waals surface area (Å²) in [5, 5.41) is 0. The second-order valence-corrected chi connectivity index (χ2v) is 4.18. The molecule has 0 unspecified atom stereocenters. The van der Waals surface area contributed by atoms with Crippen molar-refractivity contribution in [1.82, 2.24) is 0 Å². The minimum atomic E-state index is 0.888. The third kappa shape index (κ3) is 2.43. The van der Waals surface area contributed by atoms with Crippen LogP contribution in [0.3, 0.4) is 0 Å². The third-order valence-electron chi connectivity index (χ3n) is 2.59. The lowest BCUT2D eigenvalue weighted by molar-refractivity contribution is 0.478. The number of hydrogen-bond donors (Lipinski definition) is 0. The average molecular weight is 212 g/mol. The fourth-order valence-electron chi connectivity index (χ4n) is 1.55. The maximum Gasteiger partial charge on any atom is 0.130 e. The molecule has 82 valence electrons. The molecule has 0 atom stereocenters. The van der Waals surface area contributed by atoms with E-state index in [0.29, 0.717) is 0 Å². The molecule has 0 aromatic heterocycles. The number of ether oxygens (including phenoxy) is 1. The van der Waals surface area contributed by atoms with Gasteiger partial charge in [-0.3, -0.25) is 0 Å². The normalized spacial score (nSPS) is 10.2. The Morgan fingerprint density at radius 3 is 2.06 bits per heavy atom. The zero-order chi connectivity index (χ0) is 11.5. The largest absolute Gasteiger partial charge is 0.457 e. The van der Waals surface area contributed by atoms with Crippen LogP contribution in [0.2, 0.25) is 0 Å². The quantitative estimate of drug-likeness (QED) is 0.716. The standard InChI is InChI=1S/C15H16O/c1-11-5-8-14(9-6-11)16-15-10-12(2)4-7-13(15)3/h4-10H,1-3H3. The van der Waals surface area contributed by atoms with Crippen molar-refractivity contribution in [2.24, 2.45) is 0 Å². The number of rotatable bonds is 2. The maximum atomic E-state index is 5.84. The molecule has 0 radical (unpaired) electrons. The second kappa shape index (κ2) is 4.40. The van der Waals surface area contributed by atoms with Crippen LogP contribution in [0.25, 0.3) is 0 Å². The van der Waals surface area contributed by atoms with Gasteiger partial charge < -0.3 is 4.74 Å². The van der Waals surface area contributed by atoms with Crippen molar-refractivity contribution in [3.05, 3.63) is 59.2 Å². The Morgan fingerprint density at radius 2 is 1.38 bits per heavy atom. The van der Waals surface area contributed by atoms with E-state index in [1.54, 1.807) is 0 Å². The van der Waals surface area contributed by atoms with Crippen molar-refractivity contribution < 1.29 is 4.74 Å². The molecule has 0 aliphatic rings. The SMILES string of the molecule is Cc1ccc(Oc2cc(C)ccc2C)cc1. The van der Waals surface area contributed by atoms with Crippen LogP contribution in [0, 0.1) is 20.8 Å². The number of benzene rings is 2. The van der Waals surface area contributed by atoms with Gasteiger partial charge in [0.05, 0.1) is 0 Å². The highest BCUT2D eigenvalue weighted by Crippen LogP contribution is 2.25. The van der Waals surface area contributed by atoms with Gasteiger partial charge in [0.15, 0.2) is 0 Å². The first-order valence-corrected chi connectivity index (χ1v) is 5.47. The van der Waals surface area contributed by atoms with Crippen molar-refractivity contribution in [3.8, 4) is 11.5 Å². The Bertz CT molecular complexity index is 483. The first-order valence-electron chi connectivity index (χ1n) is 5.47. The van der Waals surface area contributed by atoms with E-state index in [1.807, 2.05) is 12.1 Å². The molecule has 1 nitrogen and oxygen atoms in total. The molecule has 0 amide bonds. The highest BCUT2D eigenvalue weighted by atomic mass is 16.5. The van der Waals surface area contributed by atoms with E-state index >= 15 is 0 Å². The molecule has 0 aliphatic heterocycles. The minimum absolute atomic E-state index is 0.888. The summed E-state index contributed by atoms with van der Waals surface area (Å²) in [4.78, 5) is 0. The van der Waals surface area contributed by atoms with E-state index in [0.717, 1.165) is 17.1 Å². The van der Waals surface area contributed by atoms with E-state index < -0.39 is 0 Å². The molecule has 2 rings (SSSR count). The zero-order valence-corrected chi connectivity index (χ0v) is 9.95. The van der Waals surface area contributed by atoms with Gasteiger partial charge in [-0.25, -0.2) is 0 Å². The molecular formula is C15H16O. The molecular weight excluding hydrogens is 196 g/mol. The molecule has 2 aromatic carbocycles. The molecule has 0 heterocycles. The van der Waals surface area contributed by atoms with E-state index in [2.05, 4.69) is 51.1 Å². The van der Waals surface area contributed by atoms with Crippen LogP contribution in [0.5, 0.6) is 11.5 Å². The Hall–Kier alpha value is -1.76. The zero-order valence-electron chi connectivity index (χ0n) is 9.95. The lowest BCUT2D eigenvalue weighted by Gasteiger charge is -2.09. The number of aryl methyl sites for hydroxylation is 3. The predicted molar refractivity (Wildman–Crippen MR) is 67.2 cm³/mol. The van der Waals surface area contributed by atoms with Gasteiger partial charge in [0, 0.05) is 0 Å². The van der Waals surface area contributed by atoms with Gasteiger partial charge in [-0.1, -0.05) is 29.8 Å². The molecule has 16 heavy (non-hydrogen) atoms. The smallest absolute Gasteiger partial charge is 0.130 e. The monoisotopic (exact) mass is 212 g/mol. The van der Waals surface area contributed by atoms with Gasteiger partial charge in [0.1, 0.15) is 11.5 Å². The van der Waals surface area contributed by atoms with E-state index in [4.69, 9.17) is 4.74 Å². The highest BCUT2D eigenvalue weighted by Gasteiger charge is 2.01. The van der Waals surface area contributed by atoms with Crippen molar-refractivity contribution >= 4 is 0 Å². The summed E-state index contributed by atoms with van der Waals surface area (Å²) in [6.45, 7) is 6.20. The minimum Gasteiger partial charge on any atom is -0.457 e. The van der Waals surface area contributed by atoms with Crippen molar-refractivity contribution in [2.45, 2.75) is 20.8 Å². The van der Waals surface area contributed by atoms with Gasteiger partial charge in [0.25, 0.3) is 0 Å². The summed E-state index contributed by atoms with van der Waals surface area (Å²) in [5.74, 6) is 1.82. The van der Waals surface area contributed by atoms with E-state index in [1.165, 1.54) is 11.1 Å². The van der Waals surface area contributed by atoms with Crippen molar-refractivity contribution in [3.63, 3.8) is 0 Å². The fourth-order valence-corrected chi connectivity index (χ4v) is 1.55. The van der Waals surface area contributed by atoms with Gasteiger partial charge in [-0.15, -0.1) is 0 Å². The Morgan fingerprint density at radius 1 is 0.750 bits per heavy atom. The van der Waals surface area contributed by atoms with Gasteiger partial charge >= 0.3 is 0 Å². The summed E-state index contributed by atoms with van der Waals surface area (Å²) in [5.41, 5.74) is 3.62. The summed E-state index contributed by atoms with van der Waals surface area (Å²) < 4.78 is 5.84. The fraction of sp³-hybridized carbons (Fsp3) is 0.200. The van der Waals surface area contributed by atoms with Gasteiger partial charge in [-0.05, 0) is 50.1 Å². The van der Waals surface area contributed by atoms with E-state index in [9.17, 15) is 0 Å². The lowest BCUT2D eigenvalue weighted by atomic mass is 10.1. The third-order valence-corrected chi connectivity index (χ3v) is 2.59. The van der Waals surface area contributed by atoms with Crippen LogP contribution in [0.1, 0.15) is 16.7 Å². The van der Waals surface area contributed by atoms with Gasteiger partial charge in [-0.2, -0.15) is 0 Å². The molecule has 0 aliphatic carbocycles. The Balaban J connectivity index is 2.26. The molecule has 0 spiro atoms. The number of hydrogen-bond acceptors (Lipinski definition) is 1. The summed E-state index contributed by atoms with van der Waals surface area (Å²) in [6.07, 6.45) is 0. The summed E-state index contributed by atoms with van der Waals surface area (Å²) >= 11 is 0. The Kier molecular flexibility index (Phi) is 2.95. The molecule has 0 saturated heterocycles. The first kappa shape index (κ1) is 10.7. The van der Waals surface area contributed by atoms with Crippen molar-refractivity contribution in [2.75, 3.05) is 0 Å². The maximum absolute atomic E-state index is 5.84. The summed E-state index contributed by atoms with van der Waals surface area (Å²) in [6, 6.07) is 14.3. The topological polar surface area (TPSA) is 9.23 Å². The van der Waals surface area contributed by atoms with Crippen LogP contribution < -0.4 is 4.74 Å².